The Hall–Kier alpha value is -4.15. The molecular weight excluding hydrogens is 533 g/mol. The third kappa shape index (κ3) is 7.99. The number of primary amides is 1. The second-order valence-corrected chi connectivity index (χ2v) is 11.4. The first-order valence-corrected chi connectivity index (χ1v) is 14.0. The summed E-state index contributed by atoms with van der Waals surface area (Å²) >= 11 is 0. The summed E-state index contributed by atoms with van der Waals surface area (Å²) in [5.41, 5.74) is 8.03. The fourth-order valence-corrected chi connectivity index (χ4v) is 4.49. The molecule has 42 heavy (non-hydrogen) atoms. The van der Waals surface area contributed by atoms with Gasteiger partial charge in [-0.15, -0.1) is 0 Å². The molecule has 1 heterocycles. The lowest BCUT2D eigenvalue weighted by molar-refractivity contribution is -0.128. The zero-order chi connectivity index (χ0) is 30.3. The average Bonchev–Trinajstić information content (AvgIpc) is 3.18. The van der Waals surface area contributed by atoms with Gasteiger partial charge in [-0.3, -0.25) is 9.59 Å². The van der Waals surface area contributed by atoms with Crippen LogP contribution in [0.4, 0.5) is 4.79 Å². The molecule has 3 aromatic carbocycles. The van der Waals surface area contributed by atoms with Gasteiger partial charge in [-0.1, -0.05) is 84.9 Å². The van der Waals surface area contributed by atoms with Crippen molar-refractivity contribution < 1.29 is 28.4 Å². The molecule has 0 saturated carbocycles. The minimum Gasteiger partial charge on any atom is -0.445 e. The highest BCUT2D eigenvalue weighted by atomic mass is 16.7. The average molecular weight is 571 g/mol. The Morgan fingerprint density at radius 2 is 1.24 bits per heavy atom. The predicted octanol–water partition coefficient (Wildman–Crippen LogP) is 3.04. The molecule has 0 radical (unpaired) electrons. The molecule has 220 valence electrons. The van der Waals surface area contributed by atoms with Crippen molar-refractivity contribution in [1.29, 1.82) is 0 Å². The molecule has 9 nitrogen and oxygen atoms in total. The van der Waals surface area contributed by atoms with E-state index in [0.717, 1.165) is 22.2 Å². The summed E-state index contributed by atoms with van der Waals surface area (Å²) in [6, 6.07) is 23.9. The molecule has 3 aromatic rings. The van der Waals surface area contributed by atoms with Gasteiger partial charge in [0.25, 0.3) is 0 Å². The van der Waals surface area contributed by atoms with Crippen LogP contribution in [0.2, 0.25) is 0 Å². The summed E-state index contributed by atoms with van der Waals surface area (Å²) in [7, 11) is -0.512. The topological polar surface area (TPSA) is 129 Å². The lowest BCUT2D eigenvalue weighted by Gasteiger charge is -2.32. The van der Waals surface area contributed by atoms with Gasteiger partial charge in [0.15, 0.2) is 0 Å². The quantitative estimate of drug-likeness (QED) is 0.304. The molecule has 4 N–H and O–H groups in total. The number of nitrogens with two attached hydrogens (primary N) is 1. The molecule has 4 rings (SSSR count). The highest BCUT2D eigenvalue weighted by molar-refractivity contribution is 6.62. The van der Waals surface area contributed by atoms with Crippen LogP contribution in [0.25, 0.3) is 0 Å². The Labute approximate surface area is 247 Å². The number of hydrogen-bond acceptors (Lipinski definition) is 6. The van der Waals surface area contributed by atoms with Crippen LogP contribution in [-0.4, -0.2) is 48.3 Å². The lowest BCUT2D eigenvalue weighted by atomic mass is 9.78. The van der Waals surface area contributed by atoms with Crippen molar-refractivity contribution >= 4 is 30.5 Å². The molecular formula is C32H38BN3O6. The number of ether oxygens (including phenoxy) is 1. The smallest absolute Gasteiger partial charge is 0.445 e. The summed E-state index contributed by atoms with van der Waals surface area (Å²) in [6.45, 7) is 8.02. The van der Waals surface area contributed by atoms with E-state index < -0.39 is 48.3 Å². The number of benzene rings is 3. The van der Waals surface area contributed by atoms with Crippen LogP contribution in [0.1, 0.15) is 44.4 Å². The maximum atomic E-state index is 13.4. The largest absolute Gasteiger partial charge is 0.494 e. The van der Waals surface area contributed by atoms with Crippen LogP contribution in [0.3, 0.4) is 0 Å². The van der Waals surface area contributed by atoms with Gasteiger partial charge in [0.05, 0.1) is 11.2 Å². The Morgan fingerprint density at radius 3 is 1.79 bits per heavy atom. The fraction of sp³-hybridized carbons (Fsp3) is 0.344. The van der Waals surface area contributed by atoms with E-state index in [-0.39, 0.29) is 19.4 Å². The molecule has 0 aliphatic carbocycles. The highest BCUT2D eigenvalue weighted by Gasteiger charge is 2.51. The molecule has 0 aromatic heterocycles. The molecule has 0 bridgehead atoms. The van der Waals surface area contributed by atoms with Crippen LogP contribution in [0, 0.1) is 0 Å². The SMILES string of the molecule is CC1(C)OB(c2ccc(C[C@@H](NC(=O)[C@H](Cc3ccccc3)NC(=O)OCc3ccccc3)C(N)=O)cc2)OC1(C)C. The summed E-state index contributed by atoms with van der Waals surface area (Å²) in [5.74, 6) is -1.24. The second-order valence-electron chi connectivity index (χ2n) is 11.4. The first-order valence-electron chi connectivity index (χ1n) is 14.0. The summed E-state index contributed by atoms with van der Waals surface area (Å²) < 4.78 is 17.6. The van der Waals surface area contributed by atoms with E-state index in [4.69, 9.17) is 19.8 Å². The number of rotatable bonds is 11. The molecule has 2 atom stereocenters. The summed E-state index contributed by atoms with van der Waals surface area (Å²) in [4.78, 5) is 38.4. The van der Waals surface area contributed by atoms with Crippen molar-refractivity contribution in [3.63, 3.8) is 0 Å². The zero-order valence-corrected chi connectivity index (χ0v) is 24.5. The lowest BCUT2D eigenvalue weighted by Crippen LogP contribution is -2.54. The van der Waals surface area contributed by atoms with Crippen molar-refractivity contribution in [2.75, 3.05) is 0 Å². The van der Waals surface area contributed by atoms with E-state index in [1.807, 2.05) is 113 Å². The van der Waals surface area contributed by atoms with Crippen molar-refractivity contribution in [2.45, 2.75) is 70.4 Å². The third-order valence-electron chi connectivity index (χ3n) is 7.71. The minimum absolute atomic E-state index is 0.0538. The van der Waals surface area contributed by atoms with Gasteiger partial charge >= 0.3 is 13.2 Å². The molecule has 3 amide bonds. The number of carbonyl (C=O) groups is 3. The molecule has 1 aliphatic heterocycles. The van der Waals surface area contributed by atoms with Crippen LogP contribution >= 0.6 is 0 Å². The predicted molar refractivity (Wildman–Crippen MR) is 161 cm³/mol. The first kappa shape index (κ1) is 30.8. The van der Waals surface area contributed by atoms with Crippen molar-refractivity contribution in [2.24, 2.45) is 5.73 Å². The van der Waals surface area contributed by atoms with Gasteiger partial charge in [0.2, 0.25) is 11.8 Å². The standard InChI is InChI=1S/C32H38BN3O6/c1-31(2)32(3,4)42-33(41-31)25-17-15-23(16-18-25)19-26(28(34)37)35-29(38)27(20-22-11-7-5-8-12-22)36-30(39)40-21-24-13-9-6-10-14-24/h5-18,26-27H,19-21H2,1-4H3,(H2,34,37)(H,35,38)(H,36,39)/t26-,27+/m1/s1. The van der Waals surface area contributed by atoms with Gasteiger partial charge in [0, 0.05) is 12.8 Å². The molecule has 1 aliphatic rings. The molecule has 1 fully saturated rings. The van der Waals surface area contributed by atoms with Gasteiger partial charge in [0.1, 0.15) is 18.7 Å². The summed E-state index contributed by atoms with van der Waals surface area (Å²) in [6.07, 6.45) is -0.383. The van der Waals surface area contributed by atoms with Gasteiger partial charge < -0.3 is 30.4 Å². The number of carbonyl (C=O) groups excluding carboxylic acids is 3. The Bertz CT molecular complexity index is 1350. The maximum Gasteiger partial charge on any atom is 0.494 e. The molecule has 0 spiro atoms. The van der Waals surface area contributed by atoms with E-state index in [9.17, 15) is 14.4 Å². The van der Waals surface area contributed by atoms with Crippen molar-refractivity contribution in [1.82, 2.24) is 10.6 Å². The third-order valence-corrected chi connectivity index (χ3v) is 7.71. The second kappa shape index (κ2) is 13.2. The summed E-state index contributed by atoms with van der Waals surface area (Å²) in [5, 5.41) is 5.37. The molecule has 1 saturated heterocycles. The van der Waals surface area contributed by atoms with Crippen molar-refractivity contribution in [3.8, 4) is 0 Å². The minimum atomic E-state index is -0.999. The molecule has 0 unspecified atom stereocenters. The number of alkyl carbamates (subject to hydrolysis) is 1. The van der Waals surface area contributed by atoms with E-state index in [1.165, 1.54) is 0 Å². The Balaban J connectivity index is 1.41. The van der Waals surface area contributed by atoms with E-state index in [0.29, 0.717) is 0 Å². The number of nitrogens with one attached hydrogen (secondary N) is 2. The monoisotopic (exact) mass is 571 g/mol. The first-order chi connectivity index (χ1) is 19.9. The Morgan fingerprint density at radius 1 is 0.738 bits per heavy atom. The molecule has 10 heteroatoms. The fourth-order valence-electron chi connectivity index (χ4n) is 4.49. The van der Waals surface area contributed by atoms with Crippen LogP contribution in [0.5, 0.6) is 0 Å². The van der Waals surface area contributed by atoms with Gasteiger partial charge in [-0.2, -0.15) is 0 Å². The highest BCUT2D eigenvalue weighted by Crippen LogP contribution is 2.36. The van der Waals surface area contributed by atoms with Crippen LogP contribution < -0.4 is 21.8 Å². The zero-order valence-electron chi connectivity index (χ0n) is 24.5. The van der Waals surface area contributed by atoms with E-state index in [1.54, 1.807) is 0 Å². The number of amides is 3. The normalized spacial score (nSPS) is 16.7. The number of hydrogen-bond donors (Lipinski definition) is 3. The van der Waals surface area contributed by atoms with Crippen LogP contribution in [-0.2, 0) is 43.1 Å². The van der Waals surface area contributed by atoms with E-state index >= 15 is 0 Å². The van der Waals surface area contributed by atoms with Crippen molar-refractivity contribution in [3.05, 3.63) is 102 Å². The Kier molecular flexibility index (Phi) is 9.70. The van der Waals surface area contributed by atoms with Gasteiger partial charge in [-0.25, -0.2) is 4.79 Å². The maximum absolute atomic E-state index is 13.4. The van der Waals surface area contributed by atoms with Gasteiger partial charge in [-0.05, 0) is 49.8 Å². The van der Waals surface area contributed by atoms with E-state index in [2.05, 4.69) is 10.6 Å². The van der Waals surface area contributed by atoms with Crippen LogP contribution in [0.15, 0.2) is 84.9 Å².